The molecule has 1 saturated heterocycles. The number of carbonyl (C=O) groups excluding carboxylic acids is 2. The van der Waals surface area contributed by atoms with Crippen LogP contribution < -0.4 is 15.1 Å². The standard InChI is InChI=1S/C25H30N4O3/c1-19-17-28(18-20(2)32-19)22-11-9-21(10-12-22)27-24(30)13-14-25(31)29(16-6-15-26)23-7-4-3-5-8-23/h3-5,7-12,19-20H,6,13-14,16-18H2,1-2H3,(H,27,30). The highest BCUT2D eigenvalue weighted by Crippen LogP contribution is 2.22. The molecule has 7 nitrogen and oxygen atoms in total. The number of carbonyl (C=O) groups is 2. The number of nitrogens with one attached hydrogen (secondary N) is 1. The lowest BCUT2D eigenvalue weighted by Gasteiger charge is -2.36. The number of morpholine rings is 1. The summed E-state index contributed by atoms with van der Waals surface area (Å²) in [7, 11) is 0. The van der Waals surface area contributed by atoms with Crippen LogP contribution in [0.3, 0.4) is 0 Å². The highest BCUT2D eigenvalue weighted by molar-refractivity contribution is 5.98. The van der Waals surface area contributed by atoms with Gasteiger partial charge in [0.15, 0.2) is 0 Å². The highest BCUT2D eigenvalue weighted by Gasteiger charge is 2.22. The molecule has 1 fully saturated rings. The van der Waals surface area contributed by atoms with Crippen molar-refractivity contribution in [3.63, 3.8) is 0 Å². The third-order valence-corrected chi connectivity index (χ3v) is 5.32. The fourth-order valence-corrected chi connectivity index (χ4v) is 3.89. The smallest absolute Gasteiger partial charge is 0.227 e. The van der Waals surface area contributed by atoms with Crippen molar-refractivity contribution in [3.05, 3.63) is 54.6 Å². The fraction of sp³-hybridized carbons (Fsp3) is 0.400. The Bertz CT molecular complexity index is 930. The van der Waals surface area contributed by atoms with Crippen molar-refractivity contribution < 1.29 is 14.3 Å². The zero-order valence-corrected chi connectivity index (χ0v) is 18.7. The fourth-order valence-electron chi connectivity index (χ4n) is 3.89. The molecule has 32 heavy (non-hydrogen) atoms. The number of amides is 2. The highest BCUT2D eigenvalue weighted by atomic mass is 16.5. The number of rotatable bonds is 8. The van der Waals surface area contributed by atoms with Gasteiger partial charge in [-0.25, -0.2) is 0 Å². The molecule has 1 aliphatic heterocycles. The zero-order chi connectivity index (χ0) is 22.9. The molecule has 0 aliphatic carbocycles. The van der Waals surface area contributed by atoms with Crippen molar-refractivity contribution in [2.45, 2.75) is 45.3 Å². The first-order valence-corrected chi connectivity index (χ1v) is 11.0. The Kier molecular flexibility index (Phi) is 8.23. The van der Waals surface area contributed by atoms with E-state index in [1.54, 1.807) is 4.90 Å². The van der Waals surface area contributed by atoms with Crippen molar-refractivity contribution in [3.8, 4) is 6.07 Å². The Morgan fingerprint density at radius 1 is 1.06 bits per heavy atom. The first kappa shape index (κ1) is 23.3. The van der Waals surface area contributed by atoms with E-state index in [0.29, 0.717) is 12.2 Å². The largest absolute Gasteiger partial charge is 0.372 e. The van der Waals surface area contributed by atoms with E-state index in [-0.39, 0.29) is 43.3 Å². The van der Waals surface area contributed by atoms with Crippen LogP contribution in [0, 0.1) is 11.3 Å². The molecule has 2 aromatic rings. The molecule has 2 unspecified atom stereocenters. The normalized spacial score (nSPS) is 18.0. The van der Waals surface area contributed by atoms with Crippen LogP contribution in [0.25, 0.3) is 0 Å². The van der Waals surface area contributed by atoms with Crippen molar-refractivity contribution in [2.24, 2.45) is 0 Å². The van der Waals surface area contributed by atoms with E-state index in [1.807, 2.05) is 54.6 Å². The minimum absolute atomic E-state index is 0.0772. The summed E-state index contributed by atoms with van der Waals surface area (Å²) in [6, 6.07) is 19.0. The lowest BCUT2D eigenvalue weighted by molar-refractivity contribution is -0.122. The first-order chi connectivity index (χ1) is 15.5. The molecule has 2 amide bonds. The van der Waals surface area contributed by atoms with Crippen molar-refractivity contribution in [2.75, 3.05) is 34.8 Å². The van der Waals surface area contributed by atoms with Gasteiger partial charge in [0.25, 0.3) is 0 Å². The first-order valence-electron chi connectivity index (χ1n) is 11.0. The van der Waals surface area contributed by atoms with Gasteiger partial charge in [-0.15, -0.1) is 0 Å². The van der Waals surface area contributed by atoms with E-state index >= 15 is 0 Å². The molecule has 1 aliphatic rings. The minimum Gasteiger partial charge on any atom is -0.372 e. The van der Waals surface area contributed by atoms with Crippen LogP contribution >= 0.6 is 0 Å². The summed E-state index contributed by atoms with van der Waals surface area (Å²) < 4.78 is 5.78. The Labute approximate surface area is 189 Å². The average Bonchev–Trinajstić information content (AvgIpc) is 2.78. The third kappa shape index (κ3) is 6.56. The van der Waals surface area contributed by atoms with Crippen LogP contribution in [-0.2, 0) is 14.3 Å². The Balaban J connectivity index is 1.52. The van der Waals surface area contributed by atoms with Gasteiger partial charge in [0.05, 0.1) is 24.7 Å². The number of anilines is 3. The number of para-hydroxylation sites is 1. The van der Waals surface area contributed by atoms with Gasteiger partial charge in [-0.2, -0.15) is 5.26 Å². The number of benzene rings is 2. The molecule has 3 rings (SSSR count). The molecule has 7 heteroatoms. The molecular formula is C25H30N4O3. The number of hydrogen-bond donors (Lipinski definition) is 1. The van der Waals surface area contributed by atoms with Crippen molar-refractivity contribution in [1.82, 2.24) is 0 Å². The Hall–Kier alpha value is -3.37. The van der Waals surface area contributed by atoms with E-state index < -0.39 is 0 Å². The Morgan fingerprint density at radius 2 is 1.72 bits per heavy atom. The summed E-state index contributed by atoms with van der Waals surface area (Å²) in [5.41, 5.74) is 2.52. The second kappa shape index (κ2) is 11.3. The third-order valence-electron chi connectivity index (χ3n) is 5.32. The minimum atomic E-state index is -0.215. The molecule has 0 saturated carbocycles. The van der Waals surface area contributed by atoms with Crippen LogP contribution in [0.1, 0.15) is 33.1 Å². The zero-order valence-electron chi connectivity index (χ0n) is 18.7. The lowest BCUT2D eigenvalue weighted by Crippen LogP contribution is -2.45. The van der Waals surface area contributed by atoms with Gasteiger partial charge in [-0.3, -0.25) is 9.59 Å². The molecule has 2 atom stereocenters. The summed E-state index contributed by atoms with van der Waals surface area (Å²) in [6.07, 6.45) is 0.751. The van der Waals surface area contributed by atoms with Gasteiger partial charge in [-0.1, -0.05) is 18.2 Å². The number of nitrogens with zero attached hydrogens (tertiary/aromatic N) is 3. The molecule has 0 radical (unpaired) electrons. The number of hydrogen-bond acceptors (Lipinski definition) is 5. The topological polar surface area (TPSA) is 85.7 Å². The number of nitriles is 1. The second-order valence-electron chi connectivity index (χ2n) is 8.05. The molecule has 0 spiro atoms. The van der Waals surface area contributed by atoms with Gasteiger partial charge in [-0.05, 0) is 50.2 Å². The molecule has 168 valence electrons. The van der Waals surface area contributed by atoms with Crippen LogP contribution in [0.4, 0.5) is 17.1 Å². The summed E-state index contributed by atoms with van der Waals surface area (Å²) in [5.74, 6) is -0.388. The Morgan fingerprint density at radius 3 is 2.34 bits per heavy atom. The lowest BCUT2D eigenvalue weighted by atomic mass is 10.2. The summed E-state index contributed by atoms with van der Waals surface area (Å²) in [6.45, 7) is 6.11. The van der Waals surface area contributed by atoms with E-state index in [9.17, 15) is 9.59 Å². The van der Waals surface area contributed by atoms with Crippen LogP contribution in [-0.4, -0.2) is 43.7 Å². The second-order valence-corrected chi connectivity index (χ2v) is 8.05. The maximum absolute atomic E-state index is 12.7. The van der Waals surface area contributed by atoms with Crippen molar-refractivity contribution >= 4 is 28.9 Å². The van der Waals surface area contributed by atoms with E-state index in [1.165, 1.54) is 0 Å². The van der Waals surface area contributed by atoms with Gasteiger partial charge >= 0.3 is 0 Å². The van der Waals surface area contributed by atoms with Gasteiger partial charge in [0, 0.05) is 49.5 Å². The summed E-state index contributed by atoms with van der Waals surface area (Å²) in [5, 5.41) is 11.8. The van der Waals surface area contributed by atoms with Crippen LogP contribution in [0.2, 0.25) is 0 Å². The molecule has 1 heterocycles. The predicted molar refractivity (Wildman–Crippen MR) is 126 cm³/mol. The number of ether oxygens (including phenoxy) is 1. The summed E-state index contributed by atoms with van der Waals surface area (Å²) in [4.78, 5) is 28.9. The predicted octanol–water partition coefficient (Wildman–Crippen LogP) is 3.97. The van der Waals surface area contributed by atoms with Gasteiger partial charge in [0.1, 0.15) is 0 Å². The van der Waals surface area contributed by atoms with Crippen LogP contribution in [0.5, 0.6) is 0 Å². The van der Waals surface area contributed by atoms with E-state index in [4.69, 9.17) is 10.00 Å². The van der Waals surface area contributed by atoms with Gasteiger partial charge in [0.2, 0.25) is 11.8 Å². The molecule has 1 N–H and O–H groups in total. The molecule has 0 bridgehead atoms. The average molecular weight is 435 g/mol. The molecular weight excluding hydrogens is 404 g/mol. The molecule has 0 aromatic heterocycles. The monoisotopic (exact) mass is 434 g/mol. The summed E-state index contributed by atoms with van der Waals surface area (Å²) >= 11 is 0. The molecule has 2 aromatic carbocycles. The van der Waals surface area contributed by atoms with Crippen LogP contribution in [0.15, 0.2) is 54.6 Å². The SMILES string of the molecule is CC1CN(c2ccc(NC(=O)CCC(=O)N(CCC#N)c3ccccc3)cc2)CC(C)O1. The maximum atomic E-state index is 12.7. The van der Waals surface area contributed by atoms with E-state index in [2.05, 4.69) is 30.1 Å². The maximum Gasteiger partial charge on any atom is 0.227 e. The van der Waals surface area contributed by atoms with Crippen molar-refractivity contribution in [1.29, 1.82) is 5.26 Å². The van der Waals surface area contributed by atoms with E-state index in [0.717, 1.165) is 24.5 Å². The van der Waals surface area contributed by atoms with Gasteiger partial charge < -0.3 is 19.9 Å². The quantitative estimate of drug-likeness (QED) is 0.680.